The Morgan fingerprint density at radius 1 is 1.41 bits per heavy atom. The number of anilines is 1. The van der Waals surface area contributed by atoms with E-state index in [1.807, 2.05) is 19.4 Å². The van der Waals surface area contributed by atoms with Crippen LogP contribution >= 0.6 is 0 Å². The van der Waals surface area contributed by atoms with Crippen LogP contribution in [0.25, 0.3) is 0 Å². The second-order valence-electron chi connectivity index (χ2n) is 3.99. The Balaban J connectivity index is 2.74. The highest BCUT2D eigenvalue weighted by molar-refractivity contribution is 5.36. The predicted molar refractivity (Wildman–Crippen MR) is 69.2 cm³/mol. The lowest BCUT2D eigenvalue weighted by molar-refractivity contribution is 0.181. The smallest absolute Gasteiger partial charge is 0.147 e. The minimum Gasteiger partial charge on any atom is -0.383 e. The van der Waals surface area contributed by atoms with Crippen LogP contribution < -0.4 is 10.2 Å². The van der Waals surface area contributed by atoms with Gasteiger partial charge in [-0.25, -0.2) is 4.98 Å². The second-order valence-corrected chi connectivity index (χ2v) is 3.99. The van der Waals surface area contributed by atoms with Crippen molar-refractivity contribution in [2.75, 3.05) is 32.2 Å². The summed E-state index contributed by atoms with van der Waals surface area (Å²) in [6, 6.07) is 0.300. The third-order valence-electron chi connectivity index (χ3n) is 2.62. The highest BCUT2D eigenvalue weighted by atomic mass is 16.5. The first kappa shape index (κ1) is 13.9. The maximum atomic E-state index is 5.17. The molecule has 0 aromatic carbocycles. The molecule has 1 heterocycles. The van der Waals surface area contributed by atoms with E-state index in [9.17, 15) is 0 Å². The lowest BCUT2D eigenvalue weighted by Crippen LogP contribution is -2.36. The van der Waals surface area contributed by atoms with E-state index >= 15 is 0 Å². The molecule has 0 fully saturated rings. The Morgan fingerprint density at radius 3 is 2.65 bits per heavy atom. The zero-order chi connectivity index (χ0) is 12.7. The largest absolute Gasteiger partial charge is 0.383 e. The summed E-state index contributed by atoms with van der Waals surface area (Å²) in [5, 5.41) is 3.05. The van der Waals surface area contributed by atoms with Crippen molar-refractivity contribution in [3.8, 4) is 0 Å². The van der Waals surface area contributed by atoms with E-state index in [0.717, 1.165) is 24.6 Å². The highest BCUT2D eigenvalue weighted by Crippen LogP contribution is 2.12. The van der Waals surface area contributed by atoms with Gasteiger partial charge < -0.3 is 15.0 Å². The topological polar surface area (TPSA) is 50.3 Å². The number of methoxy groups -OCH3 is 1. The Hall–Kier alpha value is -1.20. The Bertz CT molecular complexity index is 315. The minimum atomic E-state index is 0.300. The van der Waals surface area contributed by atoms with E-state index in [1.54, 1.807) is 7.11 Å². The van der Waals surface area contributed by atoms with E-state index in [1.165, 1.54) is 0 Å². The number of hydrogen-bond donors (Lipinski definition) is 1. The van der Waals surface area contributed by atoms with Gasteiger partial charge in [0.15, 0.2) is 0 Å². The fourth-order valence-electron chi connectivity index (χ4n) is 1.80. The number of aromatic nitrogens is 2. The van der Waals surface area contributed by atoms with Crippen LogP contribution in [0, 0.1) is 0 Å². The van der Waals surface area contributed by atoms with Gasteiger partial charge in [0.1, 0.15) is 5.82 Å². The molecule has 1 unspecified atom stereocenters. The molecule has 1 rings (SSSR count). The molecule has 5 nitrogen and oxygen atoms in total. The quantitative estimate of drug-likeness (QED) is 0.769. The van der Waals surface area contributed by atoms with Gasteiger partial charge in [-0.2, -0.15) is 0 Å². The molecule has 1 atom stereocenters. The average Bonchev–Trinajstić information content (AvgIpc) is 2.33. The summed E-state index contributed by atoms with van der Waals surface area (Å²) >= 11 is 0. The van der Waals surface area contributed by atoms with Crippen molar-refractivity contribution in [3.63, 3.8) is 0 Å². The first-order valence-electron chi connectivity index (χ1n) is 5.94. The molecule has 0 aliphatic carbocycles. The zero-order valence-electron chi connectivity index (χ0n) is 11.1. The average molecular weight is 238 g/mol. The molecule has 1 N–H and O–H groups in total. The van der Waals surface area contributed by atoms with E-state index in [-0.39, 0.29) is 0 Å². The molecule has 0 amide bonds. The zero-order valence-corrected chi connectivity index (χ0v) is 11.1. The first-order valence-corrected chi connectivity index (χ1v) is 5.94. The van der Waals surface area contributed by atoms with E-state index in [2.05, 4.69) is 34.0 Å². The third kappa shape index (κ3) is 3.94. The summed E-state index contributed by atoms with van der Waals surface area (Å²) in [6.07, 6.45) is 3.64. The van der Waals surface area contributed by atoms with Crippen molar-refractivity contribution < 1.29 is 4.74 Å². The summed E-state index contributed by atoms with van der Waals surface area (Å²) in [5.41, 5.74) is 0.951. The minimum absolute atomic E-state index is 0.300. The van der Waals surface area contributed by atoms with Gasteiger partial charge in [0.25, 0.3) is 0 Å². The molecule has 0 aliphatic heterocycles. The molecule has 0 bridgehead atoms. The number of hydrogen-bond acceptors (Lipinski definition) is 5. The van der Waals surface area contributed by atoms with Crippen molar-refractivity contribution in [1.29, 1.82) is 0 Å². The van der Waals surface area contributed by atoms with Crippen molar-refractivity contribution in [2.24, 2.45) is 0 Å². The molecule has 0 radical (unpaired) electrons. The summed E-state index contributed by atoms with van der Waals surface area (Å²) in [7, 11) is 3.61. The normalized spacial score (nSPS) is 12.5. The number of likely N-dealkylation sites (N-methyl/N-ethyl adjacent to an activating group) is 1. The Labute approximate surface area is 103 Å². The van der Waals surface area contributed by atoms with Gasteiger partial charge in [-0.05, 0) is 20.9 Å². The SMILES string of the molecule is CCN(c1cnc(CNC)cn1)C(C)COC. The molecular weight excluding hydrogens is 216 g/mol. The Morgan fingerprint density at radius 2 is 2.18 bits per heavy atom. The predicted octanol–water partition coefficient (Wildman–Crippen LogP) is 1.06. The fraction of sp³-hybridized carbons (Fsp3) is 0.667. The lowest BCUT2D eigenvalue weighted by Gasteiger charge is -2.28. The molecule has 0 spiro atoms. The maximum absolute atomic E-state index is 5.17. The van der Waals surface area contributed by atoms with Crippen LogP contribution in [0.5, 0.6) is 0 Å². The summed E-state index contributed by atoms with van der Waals surface area (Å²) < 4.78 is 5.17. The van der Waals surface area contributed by atoms with Crippen molar-refractivity contribution >= 4 is 5.82 Å². The molecule has 0 saturated carbocycles. The van der Waals surface area contributed by atoms with Gasteiger partial charge in [-0.15, -0.1) is 0 Å². The summed E-state index contributed by atoms with van der Waals surface area (Å²) in [6.45, 7) is 6.55. The molecule has 0 saturated heterocycles. The van der Waals surface area contributed by atoms with E-state index in [4.69, 9.17) is 4.74 Å². The van der Waals surface area contributed by atoms with Crippen LogP contribution in [0.1, 0.15) is 19.5 Å². The van der Waals surface area contributed by atoms with E-state index < -0.39 is 0 Å². The van der Waals surface area contributed by atoms with Gasteiger partial charge in [0, 0.05) is 20.2 Å². The van der Waals surface area contributed by atoms with Gasteiger partial charge in [0.2, 0.25) is 0 Å². The van der Waals surface area contributed by atoms with Crippen LogP contribution in [-0.4, -0.2) is 43.3 Å². The van der Waals surface area contributed by atoms with Gasteiger partial charge in [-0.1, -0.05) is 0 Å². The standard InChI is InChI=1S/C12H22N4O/c1-5-16(10(2)9-17-4)12-8-14-11(6-13-3)7-15-12/h7-8,10,13H,5-6,9H2,1-4H3. The molecule has 0 aliphatic rings. The van der Waals surface area contributed by atoms with E-state index in [0.29, 0.717) is 12.6 Å². The molecule has 17 heavy (non-hydrogen) atoms. The van der Waals surface area contributed by atoms with Crippen LogP contribution in [-0.2, 0) is 11.3 Å². The van der Waals surface area contributed by atoms with Crippen LogP contribution in [0.2, 0.25) is 0 Å². The molecule has 96 valence electrons. The van der Waals surface area contributed by atoms with Crippen molar-refractivity contribution in [2.45, 2.75) is 26.4 Å². The number of ether oxygens (including phenoxy) is 1. The molecule has 5 heteroatoms. The van der Waals surface area contributed by atoms with Crippen molar-refractivity contribution in [1.82, 2.24) is 15.3 Å². The summed E-state index contributed by atoms with van der Waals surface area (Å²) in [4.78, 5) is 11.0. The van der Waals surface area contributed by atoms with Gasteiger partial charge in [0.05, 0.1) is 30.7 Å². The molecule has 1 aromatic heterocycles. The monoisotopic (exact) mass is 238 g/mol. The summed E-state index contributed by atoms with van der Waals surface area (Å²) in [5.74, 6) is 0.900. The number of nitrogens with one attached hydrogen (secondary N) is 1. The van der Waals surface area contributed by atoms with Gasteiger partial charge >= 0.3 is 0 Å². The maximum Gasteiger partial charge on any atom is 0.147 e. The first-order chi connectivity index (χ1) is 8.22. The van der Waals surface area contributed by atoms with Crippen LogP contribution in [0.15, 0.2) is 12.4 Å². The number of rotatable bonds is 7. The van der Waals surface area contributed by atoms with Crippen molar-refractivity contribution in [3.05, 3.63) is 18.1 Å². The number of nitrogens with zero attached hydrogens (tertiary/aromatic N) is 3. The van der Waals surface area contributed by atoms with Crippen LogP contribution in [0.4, 0.5) is 5.82 Å². The second kappa shape index (κ2) is 7.19. The van der Waals surface area contributed by atoms with Gasteiger partial charge in [-0.3, -0.25) is 4.98 Å². The molecule has 1 aromatic rings. The van der Waals surface area contributed by atoms with Crippen LogP contribution in [0.3, 0.4) is 0 Å². The fourth-order valence-corrected chi connectivity index (χ4v) is 1.80. The highest BCUT2D eigenvalue weighted by Gasteiger charge is 2.13. The molecular formula is C12H22N4O. The third-order valence-corrected chi connectivity index (χ3v) is 2.62. The Kier molecular flexibility index (Phi) is 5.86. The lowest BCUT2D eigenvalue weighted by atomic mass is 10.3.